The zero-order valence-corrected chi connectivity index (χ0v) is 13.0. The van der Waals surface area contributed by atoms with Gasteiger partial charge in [0, 0.05) is 25.6 Å². The Morgan fingerprint density at radius 1 is 1.26 bits per heavy atom. The van der Waals surface area contributed by atoms with Gasteiger partial charge >= 0.3 is 0 Å². The Morgan fingerprint density at radius 2 is 2.00 bits per heavy atom. The Hall–Kier alpha value is -0.570. The fourth-order valence-electron chi connectivity index (χ4n) is 4.49. The average molecular weight is 266 g/mol. The van der Waals surface area contributed by atoms with Crippen LogP contribution in [0.1, 0.15) is 59.8 Å². The topological polar surface area (TPSA) is 41.1 Å². The van der Waals surface area contributed by atoms with Gasteiger partial charge in [-0.25, -0.2) is 0 Å². The third-order valence-corrected chi connectivity index (χ3v) is 5.54. The maximum atomic E-state index is 11.6. The number of hydrogen-bond donors (Lipinski definition) is 2. The van der Waals surface area contributed by atoms with Crippen molar-refractivity contribution in [3.8, 4) is 0 Å². The number of fused-ring (bicyclic) bond motifs is 2. The van der Waals surface area contributed by atoms with Crippen molar-refractivity contribution in [1.82, 2.24) is 10.6 Å². The molecule has 0 saturated heterocycles. The van der Waals surface area contributed by atoms with E-state index in [1.807, 2.05) is 0 Å². The summed E-state index contributed by atoms with van der Waals surface area (Å²) < 4.78 is 0. The van der Waals surface area contributed by atoms with Crippen molar-refractivity contribution in [3.05, 3.63) is 0 Å². The molecular formula is C16H30N2O. The second-order valence-corrected chi connectivity index (χ2v) is 7.40. The molecule has 110 valence electrons. The van der Waals surface area contributed by atoms with Crippen molar-refractivity contribution in [2.45, 2.75) is 65.8 Å². The van der Waals surface area contributed by atoms with Crippen molar-refractivity contribution in [1.29, 1.82) is 0 Å². The molecule has 2 rings (SSSR count). The van der Waals surface area contributed by atoms with Crippen LogP contribution < -0.4 is 10.6 Å². The van der Waals surface area contributed by atoms with E-state index >= 15 is 0 Å². The van der Waals surface area contributed by atoms with Crippen LogP contribution in [0.2, 0.25) is 0 Å². The number of amides is 1. The van der Waals surface area contributed by atoms with Gasteiger partial charge in [0.15, 0.2) is 0 Å². The van der Waals surface area contributed by atoms with Crippen LogP contribution in [0.5, 0.6) is 0 Å². The summed E-state index contributed by atoms with van der Waals surface area (Å²) in [7, 11) is 0. The molecule has 0 aromatic heterocycles. The number of carbonyl (C=O) groups excluding carboxylic acids is 1. The quantitative estimate of drug-likeness (QED) is 0.776. The molecule has 2 aliphatic carbocycles. The predicted molar refractivity (Wildman–Crippen MR) is 78.9 cm³/mol. The lowest BCUT2D eigenvalue weighted by atomic mass is 9.68. The highest BCUT2D eigenvalue weighted by molar-refractivity contribution is 5.75. The Balaban J connectivity index is 1.81. The van der Waals surface area contributed by atoms with Crippen LogP contribution in [0.15, 0.2) is 0 Å². The van der Waals surface area contributed by atoms with E-state index in [1.54, 1.807) is 0 Å². The van der Waals surface area contributed by atoms with Crippen molar-refractivity contribution in [2.24, 2.45) is 16.7 Å². The Morgan fingerprint density at radius 3 is 2.58 bits per heavy atom. The molecule has 3 unspecified atom stereocenters. The molecule has 0 heterocycles. The van der Waals surface area contributed by atoms with E-state index in [0.717, 1.165) is 25.4 Å². The maximum absolute atomic E-state index is 11.6. The first kappa shape index (κ1) is 14.8. The number of rotatable bonds is 6. The molecule has 3 nitrogen and oxygen atoms in total. The molecule has 0 aromatic carbocycles. The van der Waals surface area contributed by atoms with Crippen LogP contribution in [0.4, 0.5) is 0 Å². The lowest BCUT2D eigenvalue weighted by Crippen LogP contribution is -2.51. The monoisotopic (exact) mass is 266 g/mol. The van der Waals surface area contributed by atoms with Crippen LogP contribution in [0.25, 0.3) is 0 Å². The fourth-order valence-corrected chi connectivity index (χ4v) is 4.49. The van der Waals surface area contributed by atoms with Gasteiger partial charge in [-0.15, -0.1) is 0 Å². The van der Waals surface area contributed by atoms with E-state index in [4.69, 9.17) is 0 Å². The summed E-state index contributed by atoms with van der Waals surface area (Å²) >= 11 is 0. The van der Waals surface area contributed by atoms with E-state index in [2.05, 4.69) is 38.3 Å². The molecule has 0 aromatic rings. The van der Waals surface area contributed by atoms with Gasteiger partial charge in [0.1, 0.15) is 0 Å². The second-order valence-electron chi connectivity index (χ2n) is 7.40. The summed E-state index contributed by atoms with van der Waals surface area (Å²) in [5.74, 6) is 1.05. The van der Waals surface area contributed by atoms with Gasteiger partial charge in [0.25, 0.3) is 0 Å². The summed E-state index contributed by atoms with van der Waals surface area (Å²) in [6, 6.07) is 0.567. The van der Waals surface area contributed by atoms with Crippen LogP contribution in [-0.2, 0) is 4.79 Å². The molecular weight excluding hydrogens is 236 g/mol. The summed E-state index contributed by atoms with van der Waals surface area (Å²) in [6.45, 7) is 10.9. The van der Waals surface area contributed by atoms with E-state index in [1.165, 1.54) is 19.3 Å². The Kier molecular flexibility index (Phi) is 4.24. The highest BCUT2D eigenvalue weighted by Gasteiger charge is 2.58. The second kappa shape index (κ2) is 5.43. The molecule has 1 amide bonds. The van der Waals surface area contributed by atoms with Crippen LogP contribution in [0, 0.1) is 16.7 Å². The van der Waals surface area contributed by atoms with Gasteiger partial charge in [-0.2, -0.15) is 0 Å². The third kappa shape index (κ3) is 2.81. The molecule has 0 aliphatic heterocycles. The Bertz CT molecular complexity index is 335. The molecule has 3 heteroatoms. The number of carbonyl (C=O) groups is 1. The molecule has 0 spiro atoms. The van der Waals surface area contributed by atoms with Crippen molar-refractivity contribution >= 4 is 5.91 Å². The summed E-state index contributed by atoms with van der Waals surface area (Å²) in [6.07, 6.45) is 5.71. The standard InChI is InChI=1S/C16H30N2O/c1-5-9-17-13(19)7-10-18-14-15(2,3)12-6-8-16(14,4)11-12/h12,14,18H,5-11H2,1-4H3,(H,17,19). The normalized spacial score (nSPS) is 35.6. The van der Waals surface area contributed by atoms with Crippen LogP contribution in [0.3, 0.4) is 0 Å². The number of hydrogen-bond acceptors (Lipinski definition) is 2. The van der Waals surface area contributed by atoms with E-state index in [0.29, 0.717) is 23.3 Å². The summed E-state index contributed by atoms with van der Waals surface area (Å²) in [5, 5.41) is 6.63. The Labute approximate surface area is 117 Å². The molecule has 2 fully saturated rings. The first-order valence-electron chi connectivity index (χ1n) is 7.90. The highest BCUT2D eigenvalue weighted by Crippen LogP contribution is 2.62. The highest BCUT2D eigenvalue weighted by atomic mass is 16.1. The van der Waals surface area contributed by atoms with Crippen molar-refractivity contribution < 1.29 is 4.79 Å². The largest absolute Gasteiger partial charge is 0.356 e. The van der Waals surface area contributed by atoms with Gasteiger partial charge in [-0.1, -0.05) is 27.7 Å². The van der Waals surface area contributed by atoms with Crippen LogP contribution in [-0.4, -0.2) is 25.0 Å². The van der Waals surface area contributed by atoms with E-state index in [-0.39, 0.29) is 5.91 Å². The predicted octanol–water partition coefficient (Wildman–Crippen LogP) is 2.71. The van der Waals surface area contributed by atoms with E-state index < -0.39 is 0 Å². The zero-order valence-electron chi connectivity index (χ0n) is 13.0. The first-order chi connectivity index (χ1) is 8.90. The molecule has 2 aliphatic rings. The minimum atomic E-state index is 0.181. The van der Waals surface area contributed by atoms with Gasteiger partial charge in [0.05, 0.1) is 0 Å². The minimum Gasteiger partial charge on any atom is -0.356 e. The smallest absolute Gasteiger partial charge is 0.221 e. The van der Waals surface area contributed by atoms with Gasteiger partial charge in [-0.3, -0.25) is 4.79 Å². The SMILES string of the molecule is CCCNC(=O)CCNC1C2(C)CCC(C2)C1(C)C. The first-order valence-corrected chi connectivity index (χ1v) is 7.90. The third-order valence-electron chi connectivity index (χ3n) is 5.54. The average Bonchev–Trinajstić information content (AvgIpc) is 2.82. The molecule has 2 bridgehead atoms. The van der Waals surface area contributed by atoms with Crippen molar-refractivity contribution in [3.63, 3.8) is 0 Å². The van der Waals surface area contributed by atoms with Gasteiger partial charge in [0.2, 0.25) is 5.91 Å². The lowest BCUT2D eigenvalue weighted by Gasteiger charge is -2.43. The molecule has 0 radical (unpaired) electrons. The van der Waals surface area contributed by atoms with Gasteiger partial charge in [-0.05, 0) is 42.4 Å². The van der Waals surface area contributed by atoms with Crippen molar-refractivity contribution in [2.75, 3.05) is 13.1 Å². The van der Waals surface area contributed by atoms with Gasteiger partial charge < -0.3 is 10.6 Å². The molecule has 2 N–H and O–H groups in total. The number of nitrogens with one attached hydrogen (secondary N) is 2. The maximum Gasteiger partial charge on any atom is 0.221 e. The molecule has 3 atom stereocenters. The fraction of sp³-hybridized carbons (Fsp3) is 0.938. The van der Waals surface area contributed by atoms with Crippen LogP contribution >= 0.6 is 0 Å². The minimum absolute atomic E-state index is 0.181. The van der Waals surface area contributed by atoms with E-state index in [9.17, 15) is 4.79 Å². The summed E-state index contributed by atoms with van der Waals surface area (Å²) in [5.41, 5.74) is 0.834. The lowest BCUT2D eigenvalue weighted by molar-refractivity contribution is -0.121. The summed E-state index contributed by atoms with van der Waals surface area (Å²) in [4.78, 5) is 11.6. The molecule has 2 saturated carbocycles. The zero-order chi connectivity index (χ0) is 14.1. The molecule has 19 heavy (non-hydrogen) atoms.